The van der Waals surface area contributed by atoms with Crippen LogP contribution in [0.25, 0.3) is 0 Å². The van der Waals surface area contributed by atoms with E-state index in [2.05, 4.69) is 9.88 Å². The molecule has 1 aliphatic heterocycles. The summed E-state index contributed by atoms with van der Waals surface area (Å²) in [4.78, 5) is 6.31. The molecule has 0 bridgehead atoms. The van der Waals surface area contributed by atoms with Crippen LogP contribution in [0.4, 0.5) is 5.82 Å². The lowest BCUT2D eigenvalue weighted by Gasteiger charge is -2.13. The van der Waals surface area contributed by atoms with Gasteiger partial charge in [-0.3, -0.25) is 0 Å². The Morgan fingerprint density at radius 3 is 3.00 bits per heavy atom. The molecule has 1 aromatic rings. The van der Waals surface area contributed by atoms with Crippen LogP contribution in [0.2, 0.25) is 0 Å². The van der Waals surface area contributed by atoms with E-state index in [9.17, 15) is 5.11 Å². The predicted molar refractivity (Wildman–Crippen MR) is 46.0 cm³/mol. The van der Waals surface area contributed by atoms with E-state index >= 15 is 0 Å². The average molecular weight is 167 g/mol. The Labute approximate surface area is 71.4 Å². The third-order valence-corrected chi connectivity index (χ3v) is 2.18. The molecule has 1 unspecified atom stereocenters. The molecule has 1 aliphatic rings. The minimum absolute atomic E-state index is 0.174. The van der Waals surface area contributed by atoms with Crippen LogP contribution in [0.5, 0.6) is 0 Å². The first kappa shape index (κ1) is 7.61. The molecule has 1 aromatic heterocycles. The summed E-state index contributed by atoms with van der Waals surface area (Å²) in [5.74, 6) is 0.967. The number of aliphatic hydroxyl groups excluding tert-OH is 1. The molecule has 0 aliphatic carbocycles. The molecule has 66 valence electrons. The number of aryl methyl sites for hydroxylation is 1. The Morgan fingerprint density at radius 1 is 1.67 bits per heavy atom. The second-order valence-corrected chi connectivity index (χ2v) is 3.29. The second-order valence-electron chi connectivity index (χ2n) is 3.29. The zero-order valence-corrected chi connectivity index (χ0v) is 7.14. The van der Waals surface area contributed by atoms with Crippen LogP contribution in [0, 0.1) is 0 Å². The molecule has 0 saturated carbocycles. The normalized spacial score (nSPS) is 23.5. The van der Waals surface area contributed by atoms with Crippen molar-refractivity contribution in [3.05, 3.63) is 12.5 Å². The molecular weight excluding hydrogens is 154 g/mol. The van der Waals surface area contributed by atoms with Gasteiger partial charge in [-0.25, -0.2) is 4.98 Å². The lowest BCUT2D eigenvalue weighted by molar-refractivity contribution is 0.198. The topological polar surface area (TPSA) is 41.3 Å². The zero-order valence-electron chi connectivity index (χ0n) is 7.14. The van der Waals surface area contributed by atoms with Crippen LogP contribution in [0.15, 0.2) is 12.5 Å². The number of anilines is 1. The smallest absolute Gasteiger partial charge is 0.146 e. The highest BCUT2D eigenvalue weighted by Gasteiger charge is 2.21. The number of rotatable bonds is 1. The van der Waals surface area contributed by atoms with Crippen molar-refractivity contribution in [2.45, 2.75) is 12.5 Å². The minimum atomic E-state index is -0.174. The summed E-state index contributed by atoms with van der Waals surface area (Å²) in [6.45, 7) is 1.63. The van der Waals surface area contributed by atoms with E-state index in [1.54, 1.807) is 6.33 Å². The van der Waals surface area contributed by atoms with Crippen molar-refractivity contribution < 1.29 is 5.11 Å². The SMILES string of the molecule is Cn1cnc(N2CCC(O)C2)c1. The van der Waals surface area contributed by atoms with Crippen molar-refractivity contribution in [1.82, 2.24) is 9.55 Å². The highest BCUT2D eigenvalue weighted by molar-refractivity contribution is 5.37. The lowest BCUT2D eigenvalue weighted by Crippen LogP contribution is -2.21. The van der Waals surface area contributed by atoms with Gasteiger partial charge in [0.05, 0.1) is 12.4 Å². The summed E-state index contributed by atoms with van der Waals surface area (Å²) < 4.78 is 1.92. The monoisotopic (exact) mass is 167 g/mol. The fraction of sp³-hybridized carbons (Fsp3) is 0.625. The molecule has 0 aromatic carbocycles. The molecule has 4 nitrogen and oxygen atoms in total. The Kier molecular flexibility index (Phi) is 1.77. The third kappa shape index (κ3) is 1.30. The molecule has 2 heterocycles. The minimum Gasteiger partial charge on any atom is -0.391 e. The summed E-state index contributed by atoms with van der Waals surface area (Å²) in [5, 5.41) is 9.29. The van der Waals surface area contributed by atoms with Crippen molar-refractivity contribution in [2.24, 2.45) is 7.05 Å². The van der Waals surface area contributed by atoms with Gasteiger partial charge in [0.15, 0.2) is 0 Å². The summed E-state index contributed by atoms with van der Waals surface area (Å²) in [5.41, 5.74) is 0. The van der Waals surface area contributed by atoms with E-state index in [4.69, 9.17) is 0 Å². The van der Waals surface area contributed by atoms with Crippen molar-refractivity contribution in [2.75, 3.05) is 18.0 Å². The molecular formula is C8H13N3O. The van der Waals surface area contributed by atoms with Crippen molar-refractivity contribution in [1.29, 1.82) is 0 Å². The maximum atomic E-state index is 9.29. The van der Waals surface area contributed by atoms with Crippen molar-refractivity contribution >= 4 is 5.82 Å². The zero-order chi connectivity index (χ0) is 8.55. The molecule has 1 N–H and O–H groups in total. The Hall–Kier alpha value is -1.03. The van der Waals surface area contributed by atoms with E-state index < -0.39 is 0 Å². The Morgan fingerprint density at radius 2 is 2.50 bits per heavy atom. The highest BCUT2D eigenvalue weighted by Crippen LogP contribution is 2.17. The van der Waals surface area contributed by atoms with Gasteiger partial charge < -0.3 is 14.6 Å². The highest BCUT2D eigenvalue weighted by atomic mass is 16.3. The molecule has 12 heavy (non-hydrogen) atoms. The average Bonchev–Trinajstić information content (AvgIpc) is 2.58. The van der Waals surface area contributed by atoms with Gasteiger partial charge in [-0.15, -0.1) is 0 Å². The van der Waals surface area contributed by atoms with Gasteiger partial charge >= 0.3 is 0 Å². The van der Waals surface area contributed by atoms with E-state index in [0.29, 0.717) is 0 Å². The number of β-amino-alcohol motifs (C(OH)–C–C–N with tert-alkyl or cyclic N) is 1. The summed E-state index contributed by atoms with van der Waals surface area (Å²) in [6, 6.07) is 0. The first-order chi connectivity index (χ1) is 5.75. The van der Waals surface area contributed by atoms with Crippen LogP contribution in [0.3, 0.4) is 0 Å². The van der Waals surface area contributed by atoms with Crippen LogP contribution < -0.4 is 4.90 Å². The van der Waals surface area contributed by atoms with E-state index in [1.165, 1.54) is 0 Å². The summed E-state index contributed by atoms with van der Waals surface area (Å²) in [7, 11) is 1.95. The summed E-state index contributed by atoms with van der Waals surface area (Å²) in [6.07, 6.45) is 4.43. The van der Waals surface area contributed by atoms with Gasteiger partial charge in [-0.2, -0.15) is 0 Å². The maximum absolute atomic E-state index is 9.29. The summed E-state index contributed by atoms with van der Waals surface area (Å²) >= 11 is 0. The molecule has 1 atom stereocenters. The molecule has 0 radical (unpaired) electrons. The van der Waals surface area contributed by atoms with Crippen molar-refractivity contribution in [3.63, 3.8) is 0 Å². The van der Waals surface area contributed by atoms with Crippen molar-refractivity contribution in [3.8, 4) is 0 Å². The molecule has 2 rings (SSSR count). The number of imidazole rings is 1. The van der Waals surface area contributed by atoms with Gasteiger partial charge in [-0.05, 0) is 6.42 Å². The second kappa shape index (κ2) is 2.79. The first-order valence-corrected chi connectivity index (χ1v) is 4.16. The molecule has 1 saturated heterocycles. The van der Waals surface area contributed by atoms with Crippen LogP contribution in [-0.4, -0.2) is 33.9 Å². The maximum Gasteiger partial charge on any atom is 0.146 e. The number of nitrogens with zero attached hydrogens (tertiary/aromatic N) is 3. The predicted octanol–water partition coefficient (Wildman–Crippen LogP) is -0.00890. The number of aliphatic hydroxyl groups is 1. The largest absolute Gasteiger partial charge is 0.391 e. The standard InChI is InChI=1S/C8H13N3O/c1-10-5-8(9-6-10)11-3-2-7(12)4-11/h5-7,12H,2-4H2,1H3. The molecule has 0 spiro atoms. The van der Waals surface area contributed by atoms with Crippen LogP contribution in [0.1, 0.15) is 6.42 Å². The van der Waals surface area contributed by atoms with Gasteiger partial charge in [0.2, 0.25) is 0 Å². The van der Waals surface area contributed by atoms with Gasteiger partial charge in [0.1, 0.15) is 5.82 Å². The number of aromatic nitrogens is 2. The van der Waals surface area contributed by atoms with E-state index in [0.717, 1.165) is 25.3 Å². The van der Waals surface area contributed by atoms with Gasteiger partial charge in [-0.1, -0.05) is 0 Å². The lowest BCUT2D eigenvalue weighted by atomic mass is 10.3. The Balaban J connectivity index is 2.11. The van der Waals surface area contributed by atoms with Gasteiger partial charge in [0, 0.05) is 26.3 Å². The fourth-order valence-electron chi connectivity index (χ4n) is 1.51. The quantitative estimate of drug-likeness (QED) is 0.639. The third-order valence-electron chi connectivity index (χ3n) is 2.18. The fourth-order valence-corrected chi connectivity index (χ4v) is 1.51. The Bertz CT molecular complexity index is 271. The molecule has 0 amide bonds. The van der Waals surface area contributed by atoms with Gasteiger partial charge in [0.25, 0.3) is 0 Å². The molecule has 1 fully saturated rings. The van der Waals surface area contributed by atoms with E-state index in [-0.39, 0.29) is 6.10 Å². The van der Waals surface area contributed by atoms with Crippen LogP contribution >= 0.6 is 0 Å². The number of hydrogen-bond acceptors (Lipinski definition) is 3. The number of hydrogen-bond donors (Lipinski definition) is 1. The van der Waals surface area contributed by atoms with Crippen LogP contribution in [-0.2, 0) is 7.05 Å². The van der Waals surface area contributed by atoms with E-state index in [1.807, 2.05) is 17.8 Å². The molecule has 4 heteroatoms. The first-order valence-electron chi connectivity index (χ1n) is 4.16.